The Kier molecular flexibility index (Phi) is 6.13. The molecule has 0 saturated carbocycles. The van der Waals surface area contributed by atoms with Crippen LogP contribution >= 0.6 is 23.1 Å². The lowest BCUT2D eigenvalue weighted by atomic mass is 10.1. The first-order valence-corrected chi connectivity index (χ1v) is 9.72. The van der Waals surface area contributed by atoms with Crippen LogP contribution in [0.2, 0.25) is 0 Å². The molecule has 1 saturated heterocycles. The molecule has 0 unspecified atom stereocenters. The fourth-order valence-electron chi connectivity index (χ4n) is 2.39. The van der Waals surface area contributed by atoms with E-state index in [0.29, 0.717) is 12.7 Å². The lowest BCUT2D eigenvalue weighted by Gasteiger charge is -2.21. The van der Waals surface area contributed by atoms with Crippen LogP contribution in [-0.4, -0.2) is 35.3 Å². The predicted octanol–water partition coefficient (Wildman–Crippen LogP) is 4.34. The summed E-state index contributed by atoms with van der Waals surface area (Å²) >= 11 is 3.28. The molecule has 1 aliphatic rings. The molecule has 3 rings (SSSR count). The Morgan fingerprint density at radius 1 is 1.35 bits per heavy atom. The fourth-order valence-corrected chi connectivity index (χ4v) is 4.24. The number of benzene rings is 1. The molecule has 1 atom stereocenters. The number of nitrogens with one attached hydrogen (secondary N) is 1. The van der Waals surface area contributed by atoms with Gasteiger partial charge in [-0.2, -0.15) is 0 Å². The summed E-state index contributed by atoms with van der Waals surface area (Å²) in [7, 11) is 0. The lowest BCUT2D eigenvalue weighted by molar-refractivity contribution is 0.0315. The number of aromatic nitrogens is 2. The summed E-state index contributed by atoms with van der Waals surface area (Å²) in [6.07, 6.45) is 3.96. The summed E-state index contributed by atoms with van der Waals surface area (Å²) in [4.78, 5) is 0. The molecule has 124 valence electrons. The highest BCUT2D eigenvalue weighted by molar-refractivity contribution is 8.01. The van der Waals surface area contributed by atoms with E-state index in [0.717, 1.165) is 39.7 Å². The molecule has 2 aromatic rings. The Morgan fingerprint density at radius 2 is 2.26 bits per heavy atom. The van der Waals surface area contributed by atoms with Gasteiger partial charge in [-0.05, 0) is 38.3 Å². The third-order valence-corrected chi connectivity index (χ3v) is 5.61. The van der Waals surface area contributed by atoms with E-state index < -0.39 is 0 Å². The summed E-state index contributed by atoms with van der Waals surface area (Å²) in [5.41, 5.74) is 0.915. The van der Waals surface area contributed by atoms with Gasteiger partial charge < -0.3 is 14.8 Å². The topological polar surface area (TPSA) is 56.3 Å². The van der Waals surface area contributed by atoms with Crippen molar-refractivity contribution in [3.63, 3.8) is 0 Å². The Bertz CT molecular complexity index is 615. The number of ether oxygens (including phenoxy) is 2. The first kappa shape index (κ1) is 16.5. The molecule has 0 amide bonds. The number of para-hydroxylation sites is 2. The van der Waals surface area contributed by atoms with Gasteiger partial charge in [0.05, 0.1) is 18.4 Å². The summed E-state index contributed by atoms with van der Waals surface area (Å²) in [5.74, 6) is 1.78. The Hall–Kier alpha value is -1.31. The van der Waals surface area contributed by atoms with E-state index in [-0.39, 0.29) is 0 Å². The minimum atomic E-state index is 0.354. The summed E-state index contributed by atoms with van der Waals surface area (Å²) in [6, 6.07) is 7.86. The van der Waals surface area contributed by atoms with Crippen molar-refractivity contribution in [2.45, 2.75) is 36.6 Å². The largest absolute Gasteiger partial charge is 0.492 e. The molecule has 1 aliphatic heterocycles. The zero-order valence-corrected chi connectivity index (χ0v) is 14.8. The highest BCUT2D eigenvalue weighted by Gasteiger charge is 2.15. The number of anilines is 2. The van der Waals surface area contributed by atoms with Gasteiger partial charge in [0, 0.05) is 12.4 Å². The molecule has 1 aromatic carbocycles. The molecular formula is C16H21N3O2S2. The molecule has 0 aliphatic carbocycles. The SMILES string of the molecule is CCOc1ccccc1Nc1nnc(SC[C@H]2CCCCO2)s1. The minimum Gasteiger partial charge on any atom is -0.492 e. The van der Waals surface area contributed by atoms with Crippen LogP contribution in [0.1, 0.15) is 26.2 Å². The molecule has 0 bridgehead atoms. The standard InChI is InChI=1S/C16H21N3O2S2/c1-2-20-14-9-4-3-8-13(14)17-15-18-19-16(23-15)22-11-12-7-5-6-10-21-12/h3-4,8-9,12H,2,5-7,10-11H2,1H3,(H,17,18)/t12-/m1/s1. The molecule has 1 fully saturated rings. The number of hydrogen-bond donors (Lipinski definition) is 1. The maximum absolute atomic E-state index is 5.75. The first-order chi connectivity index (χ1) is 11.3. The van der Waals surface area contributed by atoms with Crippen molar-refractivity contribution in [2.75, 3.05) is 24.3 Å². The first-order valence-electron chi connectivity index (χ1n) is 7.92. The molecular weight excluding hydrogens is 330 g/mol. The fraction of sp³-hybridized carbons (Fsp3) is 0.500. The van der Waals surface area contributed by atoms with Crippen LogP contribution in [0, 0.1) is 0 Å². The van der Waals surface area contributed by atoms with Gasteiger partial charge in [-0.25, -0.2) is 0 Å². The van der Waals surface area contributed by atoms with Crippen molar-refractivity contribution in [1.82, 2.24) is 10.2 Å². The molecule has 5 nitrogen and oxygen atoms in total. The summed E-state index contributed by atoms with van der Waals surface area (Å²) < 4.78 is 12.3. The smallest absolute Gasteiger partial charge is 0.210 e. The van der Waals surface area contributed by atoms with Crippen LogP contribution in [0.3, 0.4) is 0 Å². The highest BCUT2D eigenvalue weighted by Crippen LogP contribution is 2.32. The average Bonchev–Trinajstić information content (AvgIpc) is 3.03. The van der Waals surface area contributed by atoms with E-state index in [4.69, 9.17) is 9.47 Å². The number of thioether (sulfide) groups is 1. The van der Waals surface area contributed by atoms with E-state index in [1.165, 1.54) is 12.8 Å². The van der Waals surface area contributed by atoms with Crippen molar-refractivity contribution in [3.8, 4) is 5.75 Å². The van der Waals surface area contributed by atoms with Crippen molar-refractivity contribution >= 4 is 33.9 Å². The van der Waals surface area contributed by atoms with E-state index >= 15 is 0 Å². The lowest BCUT2D eigenvalue weighted by Crippen LogP contribution is -2.21. The van der Waals surface area contributed by atoms with E-state index in [2.05, 4.69) is 15.5 Å². The van der Waals surface area contributed by atoms with Crippen LogP contribution in [0.15, 0.2) is 28.6 Å². The van der Waals surface area contributed by atoms with Gasteiger partial charge in [-0.15, -0.1) is 10.2 Å². The van der Waals surface area contributed by atoms with Crippen molar-refractivity contribution in [1.29, 1.82) is 0 Å². The van der Waals surface area contributed by atoms with Crippen molar-refractivity contribution < 1.29 is 9.47 Å². The second-order valence-corrected chi connectivity index (χ2v) is 7.47. The average molecular weight is 351 g/mol. The van der Waals surface area contributed by atoms with Crippen LogP contribution in [0.4, 0.5) is 10.8 Å². The molecule has 7 heteroatoms. The van der Waals surface area contributed by atoms with Gasteiger partial charge in [-0.3, -0.25) is 0 Å². The van der Waals surface area contributed by atoms with Crippen LogP contribution in [0.5, 0.6) is 5.75 Å². The zero-order valence-electron chi connectivity index (χ0n) is 13.2. The van der Waals surface area contributed by atoms with E-state index in [9.17, 15) is 0 Å². The molecule has 0 radical (unpaired) electrons. The normalized spacial score (nSPS) is 17.9. The van der Waals surface area contributed by atoms with Crippen LogP contribution < -0.4 is 10.1 Å². The maximum Gasteiger partial charge on any atom is 0.210 e. The van der Waals surface area contributed by atoms with Gasteiger partial charge in [0.1, 0.15) is 5.75 Å². The third-order valence-electron chi connectivity index (χ3n) is 3.50. The van der Waals surface area contributed by atoms with Gasteiger partial charge in [0.2, 0.25) is 5.13 Å². The van der Waals surface area contributed by atoms with Crippen LogP contribution in [-0.2, 0) is 4.74 Å². The third kappa shape index (κ3) is 4.83. The van der Waals surface area contributed by atoms with Crippen molar-refractivity contribution in [3.05, 3.63) is 24.3 Å². The Labute approximate surface area is 144 Å². The molecule has 2 heterocycles. The molecule has 1 N–H and O–H groups in total. The van der Waals surface area contributed by atoms with Gasteiger partial charge >= 0.3 is 0 Å². The molecule has 23 heavy (non-hydrogen) atoms. The predicted molar refractivity (Wildman–Crippen MR) is 95.1 cm³/mol. The monoisotopic (exact) mass is 351 g/mol. The van der Waals surface area contributed by atoms with E-state index in [1.54, 1.807) is 23.1 Å². The number of nitrogens with zero attached hydrogens (tertiary/aromatic N) is 2. The van der Waals surface area contributed by atoms with Gasteiger partial charge in [-0.1, -0.05) is 35.2 Å². The van der Waals surface area contributed by atoms with Crippen LogP contribution in [0.25, 0.3) is 0 Å². The maximum atomic E-state index is 5.75. The molecule has 1 aromatic heterocycles. The Morgan fingerprint density at radius 3 is 3.09 bits per heavy atom. The highest BCUT2D eigenvalue weighted by atomic mass is 32.2. The summed E-state index contributed by atoms with van der Waals surface area (Å²) in [5, 5.41) is 12.5. The minimum absolute atomic E-state index is 0.354. The zero-order chi connectivity index (χ0) is 15.9. The second kappa shape index (κ2) is 8.52. The van der Waals surface area contributed by atoms with E-state index in [1.807, 2.05) is 31.2 Å². The molecule has 0 spiro atoms. The second-order valence-electron chi connectivity index (χ2n) is 5.23. The number of hydrogen-bond acceptors (Lipinski definition) is 7. The van der Waals surface area contributed by atoms with Gasteiger partial charge in [0.15, 0.2) is 4.34 Å². The number of rotatable bonds is 7. The van der Waals surface area contributed by atoms with Crippen molar-refractivity contribution in [2.24, 2.45) is 0 Å². The quantitative estimate of drug-likeness (QED) is 0.749. The Balaban J connectivity index is 1.56. The van der Waals surface area contributed by atoms with Gasteiger partial charge in [0.25, 0.3) is 0 Å². The summed E-state index contributed by atoms with van der Waals surface area (Å²) in [6.45, 7) is 3.50.